The van der Waals surface area contributed by atoms with Crippen molar-refractivity contribution >= 4 is 43.5 Å². The van der Waals surface area contributed by atoms with Crippen molar-refractivity contribution in [1.82, 2.24) is 9.62 Å². The third-order valence-corrected chi connectivity index (χ3v) is 7.98. The molecule has 0 saturated carbocycles. The van der Waals surface area contributed by atoms with Crippen molar-refractivity contribution in [3.05, 3.63) is 57.5 Å². The zero-order valence-electron chi connectivity index (χ0n) is 16.8. The molecule has 2 aromatic rings. The minimum absolute atomic E-state index is 0.0491. The number of carbonyl (C=O) groups excluding carboxylic acids is 1. The molecule has 1 fully saturated rings. The van der Waals surface area contributed by atoms with Gasteiger partial charge in [0.1, 0.15) is 5.75 Å². The lowest BCUT2D eigenvalue weighted by Crippen LogP contribution is -2.43. The van der Waals surface area contributed by atoms with Gasteiger partial charge in [-0.3, -0.25) is 4.79 Å². The molecule has 1 atom stereocenters. The van der Waals surface area contributed by atoms with Crippen LogP contribution < -0.4 is 10.1 Å². The summed E-state index contributed by atoms with van der Waals surface area (Å²) in [5.74, 6) is 0.156. The van der Waals surface area contributed by atoms with E-state index in [-0.39, 0.29) is 40.9 Å². The van der Waals surface area contributed by atoms with Gasteiger partial charge in [0.2, 0.25) is 15.9 Å². The molecule has 1 N–H and O–H groups in total. The summed E-state index contributed by atoms with van der Waals surface area (Å²) in [5, 5.41) is 3.28. The Hall–Kier alpha value is -1.61. The summed E-state index contributed by atoms with van der Waals surface area (Å²) in [7, 11) is -2.20. The summed E-state index contributed by atoms with van der Waals surface area (Å²) in [5.41, 5.74) is 1.01. The normalized spacial score (nSPS) is 16.8. The van der Waals surface area contributed by atoms with Crippen LogP contribution in [0.2, 0.25) is 5.02 Å². The average molecular weight is 516 g/mol. The Kier molecular flexibility index (Phi) is 7.44. The maximum Gasteiger partial charge on any atom is 0.243 e. The molecule has 30 heavy (non-hydrogen) atoms. The first-order valence-corrected chi connectivity index (χ1v) is 12.2. The predicted octanol–water partition coefficient (Wildman–Crippen LogP) is 4.39. The number of carbonyl (C=O) groups is 1. The fraction of sp³-hybridized carbons (Fsp3) is 0.381. The van der Waals surface area contributed by atoms with E-state index in [1.165, 1.54) is 23.5 Å². The standard InChI is InChI=1S/C21H24BrClN2O4S/c1-14(16-4-3-5-17(22)12-16)24-21(26)15-8-10-25(11-9-15)30(27,28)18-6-7-20(29-2)19(23)13-18/h3-7,12-15H,8-11H2,1-2H3,(H,24,26). The summed E-state index contributed by atoms with van der Waals surface area (Å²) in [6, 6.07) is 12.1. The number of halogens is 2. The van der Waals surface area contributed by atoms with E-state index in [9.17, 15) is 13.2 Å². The van der Waals surface area contributed by atoms with E-state index in [0.717, 1.165) is 10.0 Å². The molecule has 1 amide bonds. The number of rotatable bonds is 6. The monoisotopic (exact) mass is 514 g/mol. The molecule has 1 unspecified atom stereocenters. The van der Waals surface area contributed by atoms with E-state index in [4.69, 9.17) is 16.3 Å². The number of hydrogen-bond acceptors (Lipinski definition) is 4. The predicted molar refractivity (Wildman–Crippen MR) is 120 cm³/mol. The van der Waals surface area contributed by atoms with Gasteiger partial charge in [0.25, 0.3) is 0 Å². The van der Waals surface area contributed by atoms with E-state index in [1.54, 1.807) is 6.07 Å². The van der Waals surface area contributed by atoms with E-state index >= 15 is 0 Å². The van der Waals surface area contributed by atoms with Gasteiger partial charge in [-0.25, -0.2) is 8.42 Å². The molecule has 0 aliphatic carbocycles. The van der Waals surface area contributed by atoms with Gasteiger partial charge in [-0.05, 0) is 55.7 Å². The summed E-state index contributed by atoms with van der Waals surface area (Å²) in [4.78, 5) is 12.8. The number of methoxy groups -OCH3 is 1. The second-order valence-electron chi connectivity index (χ2n) is 7.26. The lowest BCUT2D eigenvalue weighted by molar-refractivity contribution is -0.126. The number of amides is 1. The van der Waals surface area contributed by atoms with Crippen molar-refractivity contribution in [2.75, 3.05) is 20.2 Å². The summed E-state index contributed by atoms with van der Waals surface area (Å²) in [6.45, 7) is 2.51. The summed E-state index contributed by atoms with van der Waals surface area (Å²) >= 11 is 9.52. The van der Waals surface area contributed by atoms with Crippen LogP contribution in [0.5, 0.6) is 5.75 Å². The Morgan fingerprint density at radius 1 is 1.23 bits per heavy atom. The molecule has 1 saturated heterocycles. The Morgan fingerprint density at radius 2 is 1.93 bits per heavy atom. The van der Waals surface area contributed by atoms with Crippen molar-refractivity contribution in [2.45, 2.75) is 30.7 Å². The van der Waals surface area contributed by atoms with Crippen LogP contribution >= 0.6 is 27.5 Å². The number of ether oxygens (including phenoxy) is 1. The van der Waals surface area contributed by atoms with Gasteiger partial charge in [-0.2, -0.15) is 4.31 Å². The fourth-order valence-corrected chi connectivity index (χ4v) is 5.74. The first-order valence-electron chi connectivity index (χ1n) is 9.62. The Labute approximate surface area is 190 Å². The topological polar surface area (TPSA) is 75.7 Å². The van der Waals surface area contributed by atoms with E-state index < -0.39 is 10.0 Å². The Bertz CT molecular complexity index is 1020. The SMILES string of the molecule is COc1ccc(S(=O)(=O)N2CCC(C(=O)NC(C)c3cccc(Br)c3)CC2)cc1Cl. The molecule has 162 valence electrons. The third kappa shape index (κ3) is 5.17. The smallest absolute Gasteiger partial charge is 0.243 e. The zero-order valence-corrected chi connectivity index (χ0v) is 19.9. The van der Waals surface area contributed by atoms with Gasteiger partial charge in [-0.1, -0.05) is 39.7 Å². The Balaban J connectivity index is 1.61. The Morgan fingerprint density at radius 3 is 2.53 bits per heavy atom. The second-order valence-corrected chi connectivity index (χ2v) is 10.5. The van der Waals surface area contributed by atoms with Gasteiger partial charge in [0, 0.05) is 23.5 Å². The van der Waals surface area contributed by atoms with Gasteiger partial charge >= 0.3 is 0 Å². The minimum atomic E-state index is -3.67. The number of piperidine rings is 1. The highest BCUT2D eigenvalue weighted by atomic mass is 79.9. The number of nitrogens with one attached hydrogen (secondary N) is 1. The summed E-state index contributed by atoms with van der Waals surface area (Å²) in [6.07, 6.45) is 0.945. The molecule has 0 radical (unpaired) electrons. The summed E-state index contributed by atoms with van der Waals surface area (Å²) < 4.78 is 33.3. The molecular weight excluding hydrogens is 492 g/mol. The molecule has 0 spiro atoms. The van der Waals surface area contributed by atoms with Crippen molar-refractivity contribution in [3.63, 3.8) is 0 Å². The van der Waals surface area contributed by atoms with Crippen LogP contribution in [-0.2, 0) is 14.8 Å². The highest BCUT2D eigenvalue weighted by Crippen LogP contribution is 2.30. The third-order valence-electron chi connectivity index (χ3n) is 5.29. The molecular formula is C21H24BrClN2O4S. The van der Waals surface area contributed by atoms with Crippen LogP contribution in [0.15, 0.2) is 51.8 Å². The van der Waals surface area contributed by atoms with E-state index in [2.05, 4.69) is 21.2 Å². The molecule has 1 aliphatic heterocycles. The fourth-order valence-electron chi connectivity index (χ4n) is 3.51. The molecule has 1 heterocycles. The van der Waals surface area contributed by atoms with Crippen LogP contribution in [0.3, 0.4) is 0 Å². The second kappa shape index (κ2) is 9.68. The quantitative estimate of drug-likeness (QED) is 0.619. The number of sulfonamides is 1. The van der Waals surface area contributed by atoms with Crippen LogP contribution in [0.1, 0.15) is 31.4 Å². The molecule has 9 heteroatoms. The number of hydrogen-bond donors (Lipinski definition) is 1. The van der Waals surface area contributed by atoms with Crippen LogP contribution in [-0.4, -0.2) is 38.8 Å². The van der Waals surface area contributed by atoms with Gasteiger partial charge in [0.15, 0.2) is 0 Å². The van der Waals surface area contributed by atoms with Crippen LogP contribution in [0.4, 0.5) is 0 Å². The number of benzene rings is 2. The molecule has 2 aromatic carbocycles. The zero-order chi connectivity index (χ0) is 21.9. The lowest BCUT2D eigenvalue weighted by atomic mass is 9.96. The maximum atomic E-state index is 12.9. The first-order chi connectivity index (χ1) is 14.2. The first kappa shape index (κ1) is 23.1. The molecule has 0 aromatic heterocycles. The average Bonchev–Trinajstić information content (AvgIpc) is 2.73. The highest BCUT2D eigenvalue weighted by molar-refractivity contribution is 9.10. The number of nitrogens with zero attached hydrogens (tertiary/aromatic N) is 1. The van der Waals surface area contributed by atoms with Crippen molar-refractivity contribution in [2.24, 2.45) is 5.92 Å². The lowest BCUT2D eigenvalue weighted by Gasteiger charge is -2.31. The van der Waals surface area contributed by atoms with Crippen molar-refractivity contribution in [1.29, 1.82) is 0 Å². The molecule has 3 rings (SSSR count). The largest absolute Gasteiger partial charge is 0.495 e. The maximum absolute atomic E-state index is 12.9. The molecule has 6 nitrogen and oxygen atoms in total. The van der Waals surface area contributed by atoms with Gasteiger partial charge in [0.05, 0.1) is 23.1 Å². The molecule has 0 bridgehead atoms. The van der Waals surface area contributed by atoms with Crippen LogP contribution in [0, 0.1) is 5.92 Å². The van der Waals surface area contributed by atoms with Gasteiger partial charge < -0.3 is 10.1 Å². The van der Waals surface area contributed by atoms with Gasteiger partial charge in [-0.15, -0.1) is 0 Å². The van der Waals surface area contributed by atoms with Crippen molar-refractivity contribution in [3.8, 4) is 5.75 Å². The highest BCUT2D eigenvalue weighted by Gasteiger charge is 2.32. The minimum Gasteiger partial charge on any atom is -0.495 e. The van der Waals surface area contributed by atoms with E-state index in [0.29, 0.717) is 18.6 Å². The van der Waals surface area contributed by atoms with Crippen molar-refractivity contribution < 1.29 is 17.9 Å². The molecule has 1 aliphatic rings. The van der Waals surface area contributed by atoms with Crippen LogP contribution in [0.25, 0.3) is 0 Å². The van der Waals surface area contributed by atoms with E-state index in [1.807, 2.05) is 31.2 Å².